The van der Waals surface area contributed by atoms with Gasteiger partial charge in [-0.05, 0) is 68.7 Å². The molecule has 1 aliphatic rings. The summed E-state index contributed by atoms with van der Waals surface area (Å²) in [4.78, 5) is 25.7. The highest BCUT2D eigenvalue weighted by molar-refractivity contribution is 5.95. The van der Waals surface area contributed by atoms with Crippen LogP contribution < -0.4 is 24.4 Å². The molecule has 0 radical (unpaired) electrons. The molecule has 2 aromatic carbocycles. The highest BCUT2D eigenvalue weighted by Gasteiger charge is 2.21. The van der Waals surface area contributed by atoms with Gasteiger partial charge in [-0.2, -0.15) is 0 Å². The third-order valence-corrected chi connectivity index (χ3v) is 4.94. The summed E-state index contributed by atoms with van der Waals surface area (Å²) in [6, 6.07) is 13.1. The molecule has 166 valence electrons. The number of rotatable bonds is 11. The summed E-state index contributed by atoms with van der Waals surface area (Å²) >= 11 is 0. The minimum Gasteiger partial charge on any atom is -0.490 e. The van der Waals surface area contributed by atoms with Gasteiger partial charge in [0.1, 0.15) is 5.75 Å². The predicted molar refractivity (Wildman–Crippen MR) is 119 cm³/mol. The molecule has 31 heavy (non-hydrogen) atoms. The first-order chi connectivity index (χ1) is 15.1. The monoisotopic (exact) mass is 426 g/mol. The van der Waals surface area contributed by atoms with E-state index in [0.717, 1.165) is 35.7 Å². The van der Waals surface area contributed by atoms with Crippen molar-refractivity contribution < 1.29 is 23.8 Å². The highest BCUT2D eigenvalue weighted by Crippen LogP contribution is 2.28. The molecular formula is C24H30N2O5. The van der Waals surface area contributed by atoms with Crippen LogP contribution in [0.5, 0.6) is 17.2 Å². The number of amides is 2. The van der Waals surface area contributed by atoms with Crippen molar-refractivity contribution in [1.29, 1.82) is 0 Å². The van der Waals surface area contributed by atoms with Gasteiger partial charge in [0, 0.05) is 25.2 Å². The third-order valence-electron chi connectivity index (χ3n) is 4.94. The van der Waals surface area contributed by atoms with Crippen molar-refractivity contribution in [3.8, 4) is 17.2 Å². The number of carbonyl (C=O) groups is 2. The zero-order chi connectivity index (χ0) is 22.1. The lowest BCUT2D eigenvalue weighted by molar-refractivity contribution is -0.123. The molecule has 1 heterocycles. The topological polar surface area (TPSA) is 77.1 Å². The van der Waals surface area contributed by atoms with Gasteiger partial charge in [-0.25, -0.2) is 0 Å². The summed E-state index contributed by atoms with van der Waals surface area (Å²) in [7, 11) is 0. The predicted octanol–water partition coefficient (Wildman–Crippen LogP) is 3.35. The lowest BCUT2D eigenvalue weighted by atomic mass is 10.1. The maximum Gasteiger partial charge on any atom is 0.257 e. The molecule has 1 N–H and O–H groups in total. The normalized spacial score (nSPS) is 13.2. The van der Waals surface area contributed by atoms with E-state index < -0.39 is 0 Å². The zero-order valence-electron chi connectivity index (χ0n) is 18.2. The quantitative estimate of drug-likeness (QED) is 0.596. The zero-order valence-corrected chi connectivity index (χ0v) is 18.2. The molecule has 0 unspecified atom stereocenters. The smallest absolute Gasteiger partial charge is 0.257 e. The summed E-state index contributed by atoms with van der Waals surface area (Å²) in [5.74, 6) is 2.00. The van der Waals surface area contributed by atoms with E-state index in [1.165, 1.54) is 0 Å². The van der Waals surface area contributed by atoms with Gasteiger partial charge in [-0.3, -0.25) is 9.59 Å². The van der Waals surface area contributed by atoms with Crippen LogP contribution in [0.2, 0.25) is 0 Å². The average Bonchev–Trinajstić information content (AvgIpc) is 3.20. The second-order valence-corrected chi connectivity index (χ2v) is 7.18. The molecule has 0 aromatic heterocycles. The van der Waals surface area contributed by atoms with Crippen molar-refractivity contribution in [2.45, 2.75) is 33.1 Å². The summed E-state index contributed by atoms with van der Waals surface area (Å²) < 4.78 is 16.8. The van der Waals surface area contributed by atoms with Crippen molar-refractivity contribution in [3.63, 3.8) is 0 Å². The molecule has 1 fully saturated rings. The molecule has 2 amide bonds. The van der Waals surface area contributed by atoms with Gasteiger partial charge in [0.25, 0.3) is 5.91 Å². The van der Waals surface area contributed by atoms with E-state index in [1.54, 1.807) is 17.0 Å². The molecule has 1 saturated heterocycles. The SMILES string of the molecule is CCOc1ccc(CCNC(=O)COc2ccc(N3CCCC3=O)cc2)cc1OCC. The van der Waals surface area contributed by atoms with Crippen LogP contribution in [0, 0.1) is 0 Å². The van der Waals surface area contributed by atoms with E-state index in [0.29, 0.717) is 38.3 Å². The van der Waals surface area contributed by atoms with E-state index in [2.05, 4.69) is 5.32 Å². The van der Waals surface area contributed by atoms with Crippen LogP contribution in [0.15, 0.2) is 42.5 Å². The second kappa shape index (κ2) is 11.2. The lowest BCUT2D eigenvalue weighted by Gasteiger charge is -2.16. The Bertz CT molecular complexity index is 882. The van der Waals surface area contributed by atoms with E-state index in [4.69, 9.17) is 14.2 Å². The van der Waals surface area contributed by atoms with Crippen LogP contribution in [0.4, 0.5) is 5.69 Å². The Morgan fingerprint density at radius 1 is 1.00 bits per heavy atom. The van der Waals surface area contributed by atoms with Gasteiger partial charge in [-0.15, -0.1) is 0 Å². The molecule has 0 spiro atoms. The lowest BCUT2D eigenvalue weighted by Crippen LogP contribution is -2.30. The molecule has 3 rings (SSSR count). The molecule has 0 atom stereocenters. The first-order valence-corrected chi connectivity index (χ1v) is 10.8. The molecule has 0 bridgehead atoms. The number of carbonyl (C=O) groups excluding carboxylic acids is 2. The standard InChI is InChI=1S/C24H30N2O5/c1-3-29-21-12-7-18(16-22(21)30-4-2)13-14-25-23(27)17-31-20-10-8-19(9-11-20)26-15-5-6-24(26)28/h7-12,16H,3-6,13-15,17H2,1-2H3,(H,25,27). The van der Waals surface area contributed by atoms with Gasteiger partial charge in [-0.1, -0.05) is 6.07 Å². The van der Waals surface area contributed by atoms with Gasteiger partial charge in [0.05, 0.1) is 13.2 Å². The maximum atomic E-state index is 12.1. The number of hydrogen-bond donors (Lipinski definition) is 1. The van der Waals surface area contributed by atoms with Crippen LogP contribution in [-0.2, 0) is 16.0 Å². The number of anilines is 1. The van der Waals surface area contributed by atoms with E-state index in [9.17, 15) is 9.59 Å². The van der Waals surface area contributed by atoms with Crippen LogP contribution in [-0.4, -0.2) is 44.7 Å². The van der Waals surface area contributed by atoms with Crippen molar-refractivity contribution in [3.05, 3.63) is 48.0 Å². The Morgan fingerprint density at radius 3 is 2.42 bits per heavy atom. The fraction of sp³-hybridized carbons (Fsp3) is 0.417. The minimum atomic E-state index is -0.185. The summed E-state index contributed by atoms with van der Waals surface area (Å²) in [5.41, 5.74) is 1.92. The van der Waals surface area contributed by atoms with Crippen molar-refractivity contribution in [2.75, 3.05) is 37.8 Å². The molecule has 1 aliphatic heterocycles. The van der Waals surface area contributed by atoms with Crippen molar-refractivity contribution in [1.82, 2.24) is 5.32 Å². The maximum absolute atomic E-state index is 12.1. The van der Waals surface area contributed by atoms with E-state index in [-0.39, 0.29) is 18.4 Å². The number of nitrogens with zero attached hydrogens (tertiary/aromatic N) is 1. The Labute approximate surface area is 183 Å². The second-order valence-electron chi connectivity index (χ2n) is 7.18. The van der Waals surface area contributed by atoms with Crippen LogP contribution in [0.3, 0.4) is 0 Å². The van der Waals surface area contributed by atoms with Gasteiger partial charge < -0.3 is 24.4 Å². The van der Waals surface area contributed by atoms with E-state index >= 15 is 0 Å². The van der Waals surface area contributed by atoms with E-state index in [1.807, 2.05) is 44.2 Å². The van der Waals surface area contributed by atoms with Crippen LogP contribution >= 0.6 is 0 Å². The fourth-order valence-corrected chi connectivity index (χ4v) is 3.44. The Balaban J connectivity index is 1.42. The number of hydrogen-bond acceptors (Lipinski definition) is 5. The number of benzene rings is 2. The largest absolute Gasteiger partial charge is 0.490 e. The van der Waals surface area contributed by atoms with Crippen molar-refractivity contribution >= 4 is 17.5 Å². The summed E-state index contributed by atoms with van der Waals surface area (Å²) in [6.07, 6.45) is 2.17. The van der Waals surface area contributed by atoms with Crippen molar-refractivity contribution in [2.24, 2.45) is 0 Å². The Morgan fingerprint density at radius 2 is 1.74 bits per heavy atom. The minimum absolute atomic E-state index is 0.0601. The number of nitrogens with one attached hydrogen (secondary N) is 1. The van der Waals surface area contributed by atoms with Gasteiger partial charge in [0.15, 0.2) is 18.1 Å². The summed E-state index contributed by atoms with van der Waals surface area (Å²) in [5, 5.41) is 2.87. The molecule has 2 aromatic rings. The first kappa shape index (κ1) is 22.5. The average molecular weight is 427 g/mol. The molecule has 7 heteroatoms. The van der Waals surface area contributed by atoms with Crippen LogP contribution in [0.1, 0.15) is 32.3 Å². The molecular weight excluding hydrogens is 396 g/mol. The van der Waals surface area contributed by atoms with Crippen LogP contribution in [0.25, 0.3) is 0 Å². The first-order valence-electron chi connectivity index (χ1n) is 10.8. The Hall–Kier alpha value is -3.22. The van der Waals surface area contributed by atoms with Gasteiger partial charge >= 0.3 is 0 Å². The Kier molecular flexibility index (Phi) is 8.15. The fourth-order valence-electron chi connectivity index (χ4n) is 3.44. The third kappa shape index (κ3) is 6.38. The summed E-state index contributed by atoms with van der Waals surface area (Å²) in [6.45, 7) is 6.20. The van der Waals surface area contributed by atoms with Gasteiger partial charge in [0.2, 0.25) is 5.91 Å². The molecule has 0 aliphatic carbocycles. The highest BCUT2D eigenvalue weighted by atomic mass is 16.5. The number of ether oxygens (including phenoxy) is 3. The molecule has 7 nitrogen and oxygen atoms in total. The molecule has 0 saturated carbocycles.